The van der Waals surface area contributed by atoms with Crippen LogP contribution in [0.25, 0.3) is 5.65 Å². The molecule has 2 N–H and O–H groups in total. The Hall–Kier alpha value is -2.56. The molecular formula is C19H26N6O3S. The molecule has 0 spiro atoms. The fourth-order valence-corrected chi connectivity index (χ4v) is 3.92. The largest absolute Gasteiger partial charge is 0.382 e. The number of aromatic nitrogens is 4. The van der Waals surface area contributed by atoms with Crippen molar-refractivity contribution in [2.75, 3.05) is 31.6 Å². The van der Waals surface area contributed by atoms with Crippen LogP contribution in [-0.4, -0.2) is 54.5 Å². The average molecular weight is 419 g/mol. The highest BCUT2D eigenvalue weighted by atomic mass is 32.2. The number of anilines is 1. The quantitative estimate of drug-likeness (QED) is 0.457. The van der Waals surface area contributed by atoms with E-state index in [2.05, 4.69) is 25.3 Å². The third-order valence-electron chi connectivity index (χ3n) is 4.24. The summed E-state index contributed by atoms with van der Waals surface area (Å²) in [5, 5.41) is 16.0. The molecule has 1 aromatic carbocycles. The van der Waals surface area contributed by atoms with Crippen LogP contribution >= 0.6 is 0 Å². The van der Waals surface area contributed by atoms with Crippen molar-refractivity contribution in [3.63, 3.8) is 0 Å². The van der Waals surface area contributed by atoms with Crippen LogP contribution in [0.4, 0.5) is 5.82 Å². The Kier molecular flexibility index (Phi) is 7.13. The number of fused-ring (bicyclic) bond motifs is 1. The molecule has 3 rings (SSSR count). The van der Waals surface area contributed by atoms with Gasteiger partial charge in [0.1, 0.15) is 5.82 Å². The van der Waals surface area contributed by atoms with Crippen LogP contribution < -0.4 is 10.0 Å². The van der Waals surface area contributed by atoms with Crippen LogP contribution in [0.5, 0.6) is 0 Å². The molecule has 3 aromatic rings. The van der Waals surface area contributed by atoms with Crippen LogP contribution in [-0.2, 0) is 21.2 Å². The molecule has 0 fully saturated rings. The lowest BCUT2D eigenvalue weighted by atomic mass is 10.2. The molecule has 2 heterocycles. The predicted molar refractivity (Wildman–Crippen MR) is 110 cm³/mol. The molecule has 0 unspecified atom stereocenters. The topological polar surface area (TPSA) is 111 Å². The van der Waals surface area contributed by atoms with E-state index in [-0.39, 0.29) is 11.4 Å². The van der Waals surface area contributed by atoms with Crippen LogP contribution in [0.1, 0.15) is 24.7 Å². The third-order valence-corrected chi connectivity index (χ3v) is 5.70. The van der Waals surface area contributed by atoms with E-state index in [9.17, 15) is 8.42 Å². The second kappa shape index (κ2) is 9.77. The van der Waals surface area contributed by atoms with Gasteiger partial charge in [-0.25, -0.2) is 13.1 Å². The summed E-state index contributed by atoms with van der Waals surface area (Å²) in [6.07, 6.45) is 1.25. The van der Waals surface area contributed by atoms with E-state index in [1.807, 2.05) is 32.0 Å². The van der Waals surface area contributed by atoms with Crippen LogP contribution in [0.2, 0.25) is 0 Å². The summed E-state index contributed by atoms with van der Waals surface area (Å²) in [6.45, 7) is 6.18. The second-order valence-corrected chi connectivity index (χ2v) is 8.31. The van der Waals surface area contributed by atoms with E-state index in [0.717, 1.165) is 18.5 Å². The number of hydrogen-bond donors (Lipinski definition) is 2. The van der Waals surface area contributed by atoms with Crippen LogP contribution in [0, 0.1) is 6.92 Å². The maximum Gasteiger partial charge on any atom is 0.240 e. The maximum atomic E-state index is 12.4. The minimum absolute atomic E-state index is 0.199. The fraction of sp³-hybridized carbons (Fsp3) is 0.421. The van der Waals surface area contributed by atoms with Gasteiger partial charge in [-0.3, -0.25) is 0 Å². The molecular weight excluding hydrogens is 392 g/mol. The lowest BCUT2D eigenvalue weighted by Gasteiger charge is -2.08. The number of aryl methyl sites for hydroxylation is 1. The van der Waals surface area contributed by atoms with E-state index >= 15 is 0 Å². The van der Waals surface area contributed by atoms with Gasteiger partial charge in [0.25, 0.3) is 0 Å². The van der Waals surface area contributed by atoms with Gasteiger partial charge in [-0.2, -0.15) is 4.52 Å². The van der Waals surface area contributed by atoms with Crippen LogP contribution in [0.15, 0.2) is 41.3 Å². The maximum absolute atomic E-state index is 12.4. The highest BCUT2D eigenvalue weighted by molar-refractivity contribution is 7.89. The Morgan fingerprint density at radius 1 is 1.14 bits per heavy atom. The Morgan fingerprint density at radius 2 is 2.00 bits per heavy atom. The van der Waals surface area contributed by atoms with Gasteiger partial charge < -0.3 is 10.1 Å². The first-order valence-electron chi connectivity index (χ1n) is 9.59. The van der Waals surface area contributed by atoms with Gasteiger partial charge in [-0.15, -0.1) is 15.3 Å². The van der Waals surface area contributed by atoms with Crippen molar-refractivity contribution >= 4 is 21.5 Å². The van der Waals surface area contributed by atoms with E-state index in [1.165, 1.54) is 0 Å². The Morgan fingerprint density at radius 3 is 2.79 bits per heavy atom. The van der Waals surface area contributed by atoms with Crippen molar-refractivity contribution in [1.29, 1.82) is 0 Å². The van der Waals surface area contributed by atoms with Gasteiger partial charge in [0, 0.05) is 32.7 Å². The van der Waals surface area contributed by atoms with Crippen molar-refractivity contribution in [1.82, 2.24) is 24.5 Å². The van der Waals surface area contributed by atoms with E-state index in [0.29, 0.717) is 36.9 Å². The Bertz CT molecular complexity index is 1050. The monoisotopic (exact) mass is 418 g/mol. The van der Waals surface area contributed by atoms with Gasteiger partial charge in [0.05, 0.1) is 4.90 Å². The molecule has 0 aliphatic carbocycles. The predicted octanol–water partition coefficient (Wildman–Crippen LogP) is 1.79. The molecule has 9 nitrogen and oxygen atoms in total. The minimum Gasteiger partial charge on any atom is -0.382 e. The van der Waals surface area contributed by atoms with Crippen molar-refractivity contribution in [3.8, 4) is 0 Å². The fourth-order valence-electron chi connectivity index (χ4n) is 2.78. The minimum atomic E-state index is -3.57. The van der Waals surface area contributed by atoms with Gasteiger partial charge in [-0.05, 0) is 50.1 Å². The summed E-state index contributed by atoms with van der Waals surface area (Å²) in [5.41, 5.74) is 1.50. The van der Waals surface area contributed by atoms with E-state index in [4.69, 9.17) is 4.74 Å². The lowest BCUT2D eigenvalue weighted by Crippen LogP contribution is -2.26. The summed E-state index contributed by atoms with van der Waals surface area (Å²) in [5.74, 6) is 1.29. The first-order valence-corrected chi connectivity index (χ1v) is 11.1. The molecule has 0 saturated carbocycles. The first kappa shape index (κ1) is 21.2. The van der Waals surface area contributed by atoms with E-state index in [1.54, 1.807) is 22.7 Å². The molecule has 0 bridgehead atoms. The highest BCUT2D eigenvalue weighted by Crippen LogP contribution is 2.11. The first-order chi connectivity index (χ1) is 14.0. The smallest absolute Gasteiger partial charge is 0.240 e. The molecule has 10 heteroatoms. The van der Waals surface area contributed by atoms with Gasteiger partial charge in [0.15, 0.2) is 11.5 Å². The number of benzene rings is 1. The highest BCUT2D eigenvalue weighted by Gasteiger charge is 2.14. The molecule has 29 heavy (non-hydrogen) atoms. The summed E-state index contributed by atoms with van der Waals surface area (Å²) < 4.78 is 34.4. The summed E-state index contributed by atoms with van der Waals surface area (Å²) in [7, 11) is -3.57. The lowest BCUT2D eigenvalue weighted by molar-refractivity contribution is 0.147. The van der Waals surface area contributed by atoms with Crippen molar-refractivity contribution in [2.45, 2.75) is 31.6 Å². The summed E-state index contributed by atoms with van der Waals surface area (Å²) in [4.78, 5) is 0.250. The molecule has 0 aliphatic rings. The number of nitrogens with one attached hydrogen (secondary N) is 2. The van der Waals surface area contributed by atoms with Gasteiger partial charge in [-0.1, -0.05) is 12.1 Å². The molecule has 0 saturated heterocycles. The normalized spacial score (nSPS) is 11.8. The third kappa shape index (κ3) is 5.72. The van der Waals surface area contributed by atoms with Crippen molar-refractivity contribution in [3.05, 3.63) is 47.8 Å². The van der Waals surface area contributed by atoms with E-state index < -0.39 is 10.0 Å². The number of nitrogens with zero attached hydrogens (tertiary/aromatic N) is 4. The number of rotatable bonds is 11. The summed E-state index contributed by atoms with van der Waals surface area (Å²) in [6, 6.07) is 10.5. The molecule has 0 radical (unpaired) electrons. The standard InChI is InChI=1S/C19H26N6O3S/c1-3-28-13-5-11-20-17-8-9-18-22-23-19(25(18)24-17)10-12-21-29(26,27)16-7-4-6-15(2)14-16/h4,6-9,14,21H,3,5,10-13H2,1-2H3,(H,20,24). The van der Waals surface area contributed by atoms with Crippen LogP contribution in [0.3, 0.4) is 0 Å². The zero-order chi connectivity index (χ0) is 20.7. The molecule has 156 valence electrons. The van der Waals surface area contributed by atoms with Crippen molar-refractivity contribution < 1.29 is 13.2 Å². The SMILES string of the molecule is CCOCCCNc1ccc2nnc(CCNS(=O)(=O)c3cccc(C)c3)n2n1. The zero-order valence-electron chi connectivity index (χ0n) is 16.6. The number of ether oxygens (including phenoxy) is 1. The molecule has 2 aromatic heterocycles. The summed E-state index contributed by atoms with van der Waals surface area (Å²) >= 11 is 0. The zero-order valence-corrected chi connectivity index (χ0v) is 17.4. The Balaban J connectivity index is 1.60. The van der Waals surface area contributed by atoms with Gasteiger partial charge >= 0.3 is 0 Å². The van der Waals surface area contributed by atoms with Crippen molar-refractivity contribution in [2.24, 2.45) is 0 Å². The van der Waals surface area contributed by atoms with Gasteiger partial charge in [0.2, 0.25) is 10.0 Å². The molecule has 0 aliphatic heterocycles. The second-order valence-electron chi connectivity index (χ2n) is 6.55. The number of sulfonamides is 1. The molecule has 0 amide bonds. The average Bonchev–Trinajstić information content (AvgIpc) is 3.10. The molecule has 0 atom stereocenters. The Labute approximate surface area is 170 Å². The number of hydrogen-bond acceptors (Lipinski definition) is 7.